The summed E-state index contributed by atoms with van der Waals surface area (Å²) in [6.45, 7) is 0. The number of furan rings is 1. The van der Waals surface area contributed by atoms with Gasteiger partial charge in [0, 0.05) is 13.2 Å². The molecule has 0 saturated heterocycles. The Kier molecular flexibility index (Phi) is 3.82. The number of aromatic nitrogens is 2. The van der Waals surface area contributed by atoms with E-state index in [1.54, 1.807) is 23.7 Å². The van der Waals surface area contributed by atoms with Crippen molar-refractivity contribution in [2.45, 2.75) is 11.1 Å². The van der Waals surface area contributed by atoms with Crippen molar-refractivity contribution < 1.29 is 12.8 Å². The molecule has 22 heavy (non-hydrogen) atoms. The van der Waals surface area contributed by atoms with Gasteiger partial charge in [0.1, 0.15) is 11.8 Å². The minimum absolute atomic E-state index is 0.0255. The lowest BCUT2D eigenvalue weighted by molar-refractivity contribution is 0.470. The van der Waals surface area contributed by atoms with Crippen molar-refractivity contribution in [3.8, 4) is 0 Å². The summed E-state index contributed by atoms with van der Waals surface area (Å²) in [5.74, 6) is 0.519. The Morgan fingerprint density at radius 2 is 1.95 bits per heavy atom. The van der Waals surface area contributed by atoms with Crippen LogP contribution in [0.15, 0.2) is 70.7 Å². The van der Waals surface area contributed by atoms with Crippen LogP contribution in [0.25, 0.3) is 0 Å². The molecule has 0 aliphatic carbocycles. The average Bonchev–Trinajstić information content (AvgIpc) is 3.17. The SMILES string of the molecule is Cn1cnc(S(=O)(=O)NC(c2ccccc2)c2ccco2)c1. The molecule has 2 heterocycles. The molecule has 0 bridgehead atoms. The van der Waals surface area contributed by atoms with E-state index in [1.807, 2.05) is 30.3 Å². The molecule has 1 atom stereocenters. The molecule has 1 unspecified atom stereocenters. The van der Waals surface area contributed by atoms with Gasteiger partial charge in [-0.1, -0.05) is 30.3 Å². The Morgan fingerprint density at radius 1 is 1.18 bits per heavy atom. The zero-order chi connectivity index (χ0) is 15.6. The van der Waals surface area contributed by atoms with Crippen molar-refractivity contribution in [3.05, 3.63) is 72.6 Å². The Hall–Kier alpha value is -2.38. The summed E-state index contributed by atoms with van der Waals surface area (Å²) < 4.78 is 34.6. The Bertz CT molecular complexity index is 839. The van der Waals surface area contributed by atoms with Gasteiger partial charge in [0.2, 0.25) is 0 Å². The molecule has 7 heteroatoms. The standard InChI is InChI=1S/C15H15N3O3S/c1-18-10-14(16-11-18)22(19,20)17-15(13-8-5-9-21-13)12-6-3-2-4-7-12/h2-11,15,17H,1H3. The lowest BCUT2D eigenvalue weighted by Crippen LogP contribution is -2.29. The van der Waals surface area contributed by atoms with Crippen LogP contribution in [0.2, 0.25) is 0 Å². The Balaban J connectivity index is 1.98. The van der Waals surface area contributed by atoms with Crippen LogP contribution in [0.1, 0.15) is 17.4 Å². The first-order valence-electron chi connectivity index (χ1n) is 6.65. The van der Waals surface area contributed by atoms with E-state index in [2.05, 4.69) is 9.71 Å². The fraction of sp³-hybridized carbons (Fsp3) is 0.133. The first kappa shape index (κ1) is 14.6. The van der Waals surface area contributed by atoms with Crippen LogP contribution in [0.5, 0.6) is 0 Å². The number of sulfonamides is 1. The van der Waals surface area contributed by atoms with Crippen LogP contribution < -0.4 is 4.72 Å². The molecule has 3 rings (SSSR count). The molecule has 0 amide bonds. The fourth-order valence-corrected chi connectivity index (χ4v) is 3.31. The maximum atomic E-state index is 12.5. The molecule has 0 radical (unpaired) electrons. The molecule has 0 spiro atoms. The second-order valence-electron chi connectivity index (χ2n) is 4.86. The highest BCUT2D eigenvalue weighted by Crippen LogP contribution is 2.24. The quantitative estimate of drug-likeness (QED) is 0.781. The third-order valence-electron chi connectivity index (χ3n) is 3.19. The number of nitrogens with zero attached hydrogens (tertiary/aromatic N) is 2. The van der Waals surface area contributed by atoms with Crippen LogP contribution in [-0.2, 0) is 17.1 Å². The number of hydrogen-bond acceptors (Lipinski definition) is 4. The van der Waals surface area contributed by atoms with E-state index in [-0.39, 0.29) is 5.03 Å². The van der Waals surface area contributed by atoms with Crippen LogP contribution in [0.4, 0.5) is 0 Å². The van der Waals surface area contributed by atoms with Gasteiger partial charge in [0.15, 0.2) is 5.03 Å². The number of benzene rings is 1. The van der Waals surface area contributed by atoms with Gasteiger partial charge in [0.05, 0.1) is 12.6 Å². The summed E-state index contributed by atoms with van der Waals surface area (Å²) in [7, 11) is -2.04. The Labute approximate surface area is 128 Å². The Morgan fingerprint density at radius 3 is 2.55 bits per heavy atom. The fourth-order valence-electron chi connectivity index (χ4n) is 2.13. The first-order chi connectivity index (χ1) is 10.6. The molecular weight excluding hydrogens is 302 g/mol. The van der Waals surface area contributed by atoms with Crippen LogP contribution in [0.3, 0.4) is 0 Å². The molecule has 0 saturated carbocycles. The van der Waals surface area contributed by atoms with Crippen molar-refractivity contribution in [3.63, 3.8) is 0 Å². The monoisotopic (exact) mass is 317 g/mol. The number of rotatable bonds is 5. The molecule has 0 aliphatic heterocycles. The number of nitrogens with one attached hydrogen (secondary N) is 1. The van der Waals surface area contributed by atoms with Crippen molar-refractivity contribution in [1.82, 2.24) is 14.3 Å². The summed E-state index contributed by atoms with van der Waals surface area (Å²) in [6, 6.07) is 12.1. The number of aryl methyl sites for hydroxylation is 1. The number of imidazole rings is 1. The molecule has 114 valence electrons. The molecule has 6 nitrogen and oxygen atoms in total. The van der Waals surface area contributed by atoms with Crippen LogP contribution in [-0.4, -0.2) is 18.0 Å². The van der Waals surface area contributed by atoms with E-state index in [0.717, 1.165) is 5.56 Å². The first-order valence-corrected chi connectivity index (χ1v) is 8.13. The molecule has 2 aromatic heterocycles. The van der Waals surface area contributed by atoms with Crippen molar-refractivity contribution >= 4 is 10.0 Å². The molecule has 1 aromatic carbocycles. The lowest BCUT2D eigenvalue weighted by atomic mass is 10.1. The van der Waals surface area contributed by atoms with Gasteiger partial charge in [-0.25, -0.2) is 13.4 Å². The largest absolute Gasteiger partial charge is 0.467 e. The van der Waals surface area contributed by atoms with Gasteiger partial charge in [-0.15, -0.1) is 0 Å². The molecular formula is C15H15N3O3S. The summed E-state index contributed by atoms with van der Waals surface area (Å²) in [5.41, 5.74) is 0.789. The summed E-state index contributed by atoms with van der Waals surface area (Å²) >= 11 is 0. The topological polar surface area (TPSA) is 77.1 Å². The second kappa shape index (κ2) is 5.78. The maximum Gasteiger partial charge on any atom is 0.260 e. The van der Waals surface area contributed by atoms with Crippen LogP contribution >= 0.6 is 0 Å². The van der Waals surface area contributed by atoms with Crippen molar-refractivity contribution in [1.29, 1.82) is 0 Å². The lowest BCUT2D eigenvalue weighted by Gasteiger charge is -2.16. The molecule has 1 N–H and O–H groups in total. The van der Waals surface area contributed by atoms with E-state index in [9.17, 15) is 8.42 Å². The predicted octanol–water partition coefficient (Wildman–Crippen LogP) is 2.08. The summed E-state index contributed by atoms with van der Waals surface area (Å²) in [6.07, 6.45) is 4.41. The minimum Gasteiger partial charge on any atom is -0.467 e. The average molecular weight is 317 g/mol. The highest BCUT2D eigenvalue weighted by molar-refractivity contribution is 7.89. The molecule has 0 aliphatic rings. The van der Waals surface area contributed by atoms with E-state index in [1.165, 1.54) is 18.8 Å². The van der Waals surface area contributed by atoms with E-state index >= 15 is 0 Å². The van der Waals surface area contributed by atoms with Gasteiger partial charge in [-0.2, -0.15) is 4.72 Å². The highest BCUT2D eigenvalue weighted by Gasteiger charge is 2.26. The smallest absolute Gasteiger partial charge is 0.260 e. The van der Waals surface area contributed by atoms with Gasteiger partial charge < -0.3 is 8.98 Å². The van der Waals surface area contributed by atoms with Gasteiger partial charge in [-0.05, 0) is 17.7 Å². The summed E-state index contributed by atoms with van der Waals surface area (Å²) in [4.78, 5) is 3.90. The second-order valence-corrected chi connectivity index (χ2v) is 6.52. The minimum atomic E-state index is -3.75. The van der Waals surface area contributed by atoms with E-state index < -0.39 is 16.1 Å². The zero-order valence-corrected chi connectivity index (χ0v) is 12.7. The number of hydrogen-bond donors (Lipinski definition) is 1. The highest BCUT2D eigenvalue weighted by atomic mass is 32.2. The van der Waals surface area contributed by atoms with E-state index in [4.69, 9.17) is 4.42 Å². The van der Waals surface area contributed by atoms with E-state index in [0.29, 0.717) is 5.76 Å². The van der Waals surface area contributed by atoms with Crippen molar-refractivity contribution in [2.75, 3.05) is 0 Å². The van der Waals surface area contributed by atoms with Crippen molar-refractivity contribution in [2.24, 2.45) is 7.05 Å². The predicted molar refractivity (Wildman–Crippen MR) is 80.5 cm³/mol. The summed E-state index contributed by atoms with van der Waals surface area (Å²) in [5, 5.41) is -0.0255. The maximum absolute atomic E-state index is 12.5. The third-order valence-corrected chi connectivity index (χ3v) is 4.50. The third kappa shape index (κ3) is 2.95. The molecule has 0 fully saturated rings. The normalized spacial score (nSPS) is 13.1. The van der Waals surface area contributed by atoms with Gasteiger partial charge >= 0.3 is 0 Å². The van der Waals surface area contributed by atoms with Crippen LogP contribution in [0, 0.1) is 0 Å². The molecule has 3 aromatic rings. The van der Waals surface area contributed by atoms with Gasteiger partial charge in [0.25, 0.3) is 10.0 Å². The zero-order valence-electron chi connectivity index (χ0n) is 11.9. The van der Waals surface area contributed by atoms with Gasteiger partial charge in [-0.3, -0.25) is 0 Å².